The minimum absolute atomic E-state index is 0.0649. The van der Waals surface area contributed by atoms with Crippen LogP contribution in [0, 0.1) is 0 Å². The Kier molecular flexibility index (Phi) is 5.95. The number of carbonyl (C=O) groups is 2. The number of hydrogen-bond acceptors (Lipinski definition) is 5. The van der Waals surface area contributed by atoms with Gasteiger partial charge in [0.05, 0.1) is 11.6 Å². The van der Waals surface area contributed by atoms with Crippen LogP contribution >= 0.6 is 0 Å². The van der Waals surface area contributed by atoms with E-state index in [0.717, 1.165) is 44.5 Å². The van der Waals surface area contributed by atoms with Gasteiger partial charge in [-0.25, -0.2) is 0 Å². The predicted octanol–water partition coefficient (Wildman–Crippen LogP) is 5.50. The minimum Gasteiger partial charge on any atom is -0.508 e. The third-order valence-electron chi connectivity index (χ3n) is 7.87. The van der Waals surface area contributed by atoms with Gasteiger partial charge in [0.2, 0.25) is 0 Å². The van der Waals surface area contributed by atoms with Crippen LogP contribution in [0.25, 0.3) is 5.76 Å². The van der Waals surface area contributed by atoms with Crippen molar-refractivity contribution in [3.05, 3.63) is 94.6 Å². The third-order valence-corrected chi connectivity index (χ3v) is 7.87. The summed E-state index contributed by atoms with van der Waals surface area (Å²) in [4.78, 5) is 30.7. The maximum absolute atomic E-state index is 13.5. The van der Waals surface area contributed by atoms with Crippen molar-refractivity contribution in [2.24, 2.45) is 0 Å². The summed E-state index contributed by atoms with van der Waals surface area (Å²) in [6.07, 6.45) is 6.54. The molecular weight excluding hydrogens is 464 g/mol. The van der Waals surface area contributed by atoms with E-state index in [2.05, 4.69) is 4.90 Å². The number of aryl methyl sites for hydroxylation is 2. The fraction of sp³-hybridized carbons (Fsp3) is 0.290. The average Bonchev–Trinajstić information content (AvgIpc) is 3.56. The Bertz CT molecular complexity index is 1390. The highest BCUT2D eigenvalue weighted by atomic mass is 16.3. The highest BCUT2D eigenvalue weighted by Crippen LogP contribution is 2.43. The first kappa shape index (κ1) is 23.3. The topological polar surface area (TPSA) is 81.1 Å². The van der Waals surface area contributed by atoms with Crippen LogP contribution in [0.15, 0.2) is 72.3 Å². The molecular formula is C31H30N2O4. The van der Waals surface area contributed by atoms with Crippen molar-refractivity contribution in [3.63, 3.8) is 0 Å². The summed E-state index contributed by atoms with van der Waals surface area (Å²) in [6.45, 7) is 2.02. The number of hydrogen-bond donors (Lipinski definition) is 2. The lowest BCUT2D eigenvalue weighted by molar-refractivity contribution is -0.132. The van der Waals surface area contributed by atoms with Crippen LogP contribution in [0.4, 0.5) is 11.4 Å². The number of phenolic OH excluding ortho intramolecular Hbond substituents is 1. The molecule has 1 amide bonds. The molecule has 2 fully saturated rings. The molecule has 3 aliphatic rings. The number of ketones is 1. The van der Waals surface area contributed by atoms with Crippen molar-refractivity contribution >= 4 is 28.8 Å². The number of carbonyl (C=O) groups excluding carboxylic acids is 2. The molecule has 0 radical (unpaired) electrons. The molecule has 6 nitrogen and oxygen atoms in total. The number of fused-ring (bicyclic) bond motifs is 1. The standard InChI is InChI=1S/C31H30N2O4/c34-26-15-9-21(10-16-26)28-27(29(35)23-8-7-20-5-1-2-6-22(20)19-23)30(36)31(37)33(28)25-13-11-24(12-14-25)32-17-3-4-18-32/h7-16,19,28,34-35H,1-6,17-18H2/b29-27-. The highest BCUT2D eigenvalue weighted by Gasteiger charge is 2.47. The molecule has 2 heterocycles. The van der Waals surface area contributed by atoms with Crippen molar-refractivity contribution in [3.8, 4) is 5.75 Å². The quantitative estimate of drug-likeness (QED) is 0.285. The van der Waals surface area contributed by atoms with Crippen LogP contribution < -0.4 is 9.80 Å². The van der Waals surface area contributed by atoms with E-state index in [0.29, 0.717) is 16.8 Å². The number of aliphatic hydroxyl groups is 1. The van der Waals surface area contributed by atoms with Crippen LogP contribution in [0.5, 0.6) is 5.75 Å². The van der Waals surface area contributed by atoms with Crippen LogP contribution in [-0.4, -0.2) is 35.0 Å². The first-order valence-corrected chi connectivity index (χ1v) is 13.1. The monoisotopic (exact) mass is 494 g/mol. The Morgan fingerprint density at radius 3 is 2.11 bits per heavy atom. The summed E-state index contributed by atoms with van der Waals surface area (Å²) in [5.41, 5.74) is 5.39. The van der Waals surface area contributed by atoms with Gasteiger partial charge >= 0.3 is 0 Å². The number of rotatable bonds is 4. The number of amides is 1. The molecule has 1 unspecified atom stereocenters. The van der Waals surface area contributed by atoms with Crippen molar-refractivity contribution in [2.75, 3.05) is 22.9 Å². The molecule has 6 rings (SSSR count). The molecule has 1 atom stereocenters. The van der Waals surface area contributed by atoms with E-state index < -0.39 is 17.7 Å². The average molecular weight is 495 g/mol. The van der Waals surface area contributed by atoms with E-state index in [1.165, 1.54) is 41.0 Å². The van der Waals surface area contributed by atoms with Gasteiger partial charge in [0.15, 0.2) is 0 Å². The van der Waals surface area contributed by atoms with Crippen molar-refractivity contribution in [1.29, 1.82) is 0 Å². The van der Waals surface area contributed by atoms with Gasteiger partial charge in [-0.3, -0.25) is 14.5 Å². The predicted molar refractivity (Wildman–Crippen MR) is 144 cm³/mol. The molecule has 3 aromatic rings. The molecule has 2 aliphatic heterocycles. The lowest BCUT2D eigenvalue weighted by atomic mass is 9.88. The normalized spacial score (nSPS) is 20.9. The number of phenols is 1. The smallest absolute Gasteiger partial charge is 0.300 e. The zero-order valence-electron chi connectivity index (χ0n) is 20.7. The summed E-state index contributed by atoms with van der Waals surface area (Å²) < 4.78 is 0. The Labute approximate surface area is 216 Å². The first-order chi connectivity index (χ1) is 18.0. The summed E-state index contributed by atoms with van der Waals surface area (Å²) >= 11 is 0. The summed E-state index contributed by atoms with van der Waals surface area (Å²) in [5, 5.41) is 21.3. The van der Waals surface area contributed by atoms with Gasteiger partial charge in [-0.2, -0.15) is 0 Å². The fourth-order valence-electron chi connectivity index (χ4n) is 5.91. The van der Waals surface area contributed by atoms with E-state index in [1.54, 1.807) is 12.1 Å². The molecule has 188 valence electrons. The summed E-state index contributed by atoms with van der Waals surface area (Å²) in [5.74, 6) is -1.46. The first-order valence-electron chi connectivity index (χ1n) is 13.1. The van der Waals surface area contributed by atoms with Gasteiger partial charge in [-0.15, -0.1) is 0 Å². The second-order valence-corrected chi connectivity index (χ2v) is 10.2. The maximum atomic E-state index is 13.5. The van der Waals surface area contributed by atoms with Crippen molar-refractivity contribution in [1.82, 2.24) is 0 Å². The van der Waals surface area contributed by atoms with Crippen LogP contribution in [0.1, 0.15) is 54.0 Å². The largest absolute Gasteiger partial charge is 0.508 e. The molecule has 0 bridgehead atoms. The van der Waals surface area contributed by atoms with E-state index >= 15 is 0 Å². The SMILES string of the molecule is O=C1C(=O)N(c2ccc(N3CCCC3)cc2)C(c2ccc(O)cc2)/C1=C(/O)c1ccc2c(c1)CCCC2. The van der Waals surface area contributed by atoms with Crippen molar-refractivity contribution < 1.29 is 19.8 Å². The van der Waals surface area contributed by atoms with Crippen molar-refractivity contribution in [2.45, 2.75) is 44.6 Å². The third kappa shape index (κ3) is 4.16. The minimum atomic E-state index is -0.811. The maximum Gasteiger partial charge on any atom is 0.300 e. The number of aromatic hydroxyl groups is 1. The van der Waals surface area contributed by atoms with Gasteiger partial charge in [-0.05, 0) is 97.7 Å². The van der Waals surface area contributed by atoms with Crippen LogP contribution in [0.2, 0.25) is 0 Å². The van der Waals surface area contributed by atoms with Crippen LogP contribution in [-0.2, 0) is 22.4 Å². The Morgan fingerprint density at radius 1 is 0.757 bits per heavy atom. The lowest BCUT2D eigenvalue weighted by Gasteiger charge is -2.26. The Hall–Kier alpha value is -4.06. The van der Waals surface area contributed by atoms with E-state index in [9.17, 15) is 19.8 Å². The molecule has 3 aromatic carbocycles. The fourth-order valence-corrected chi connectivity index (χ4v) is 5.91. The summed E-state index contributed by atoms with van der Waals surface area (Å²) in [6, 6.07) is 19.2. The highest BCUT2D eigenvalue weighted by molar-refractivity contribution is 6.51. The zero-order valence-corrected chi connectivity index (χ0v) is 20.7. The second kappa shape index (κ2) is 9.43. The van der Waals surface area contributed by atoms with E-state index in [4.69, 9.17) is 0 Å². The lowest BCUT2D eigenvalue weighted by Crippen LogP contribution is -2.29. The molecule has 37 heavy (non-hydrogen) atoms. The zero-order chi connectivity index (χ0) is 25.5. The number of benzene rings is 3. The van der Waals surface area contributed by atoms with Gasteiger partial charge in [0.1, 0.15) is 11.5 Å². The molecule has 0 spiro atoms. The van der Waals surface area contributed by atoms with Gasteiger partial charge in [-0.1, -0.05) is 24.3 Å². The van der Waals surface area contributed by atoms with E-state index in [-0.39, 0.29) is 17.1 Å². The molecule has 2 saturated heterocycles. The van der Waals surface area contributed by atoms with Crippen LogP contribution in [0.3, 0.4) is 0 Å². The molecule has 6 heteroatoms. The molecule has 0 aromatic heterocycles. The number of aliphatic hydroxyl groups excluding tert-OH is 1. The van der Waals surface area contributed by atoms with Gasteiger partial charge < -0.3 is 15.1 Å². The summed E-state index contributed by atoms with van der Waals surface area (Å²) in [7, 11) is 0. The number of Topliss-reactive ketones (excluding diaryl/α,β-unsaturated/α-hetero) is 1. The number of nitrogens with zero attached hydrogens (tertiary/aromatic N) is 2. The molecule has 0 saturated carbocycles. The molecule has 2 N–H and O–H groups in total. The number of anilines is 2. The second-order valence-electron chi connectivity index (χ2n) is 10.2. The van der Waals surface area contributed by atoms with Gasteiger partial charge in [0.25, 0.3) is 11.7 Å². The Balaban J connectivity index is 1.45. The van der Waals surface area contributed by atoms with E-state index in [1.807, 2.05) is 42.5 Å². The Morgan fingerprint density at radius 2 is 1.41 bits per heavy atom. The molecule has 1 aliphatic carbocycles. The van der Waals surface area contributed by atoms with Gasteiger partial charge in [0, 0.05) is 30.0 Å².